The second kappa shape index (κ2) is 14.1. The van der Waals surface area contributed by atoms with Crippen molar-refractivity contribution in [3.63, 3.8) is 0 Å². The van der Waals surface area contributed by atoms with Crippen LogP contribution in [0.1, 0.15) is 26.7 Å². The highest BCUT2D eigenvalue weighted by Gasteiger charge is 2.19. The molecule has 0 aliphatic carbocycles. The van der Waals surface area contributed by atoms with E-state index in [0.717, 1.165) is 29.2 Å². The van der Waals surface area contributed by atoms with E-state index in [1.165, 1.54) is 47.4 Å². The van der Waals surface area contributed by atoms with Crippen LogP contribution in [0.25, 0.3) is 16.4 Å². The van der Waals surface area contributed by atoms with Crippen LogP contribution in [0.15, 0.2) is 76.1 Å². The SMILES string of the molecule is CCCCNC(=O)NS(=O)(=O)c1ccc(NC(=O)CSc2nnc(-c3cccs3)n2-c2ccc(OCC)cc2)cc1. The van der Waals surface area contributed by atoms with Gasteiger partial charge in [0.25, 0.3) is 10.0 Å². The van der Waals surface area contributed by atoms with Gasteiger partial charge in [-0.25, -0.2) is 17.9 Å². The van der Waals surface area contributed by atoms with Crippen molar-refractivity contribution >= 4 is 50.7 Å². The molecule has 0 atom stereocenters. The molecule has 2 aromatic heterocycles. The predicted molar refractivity (Wildman–Crippen MR) is 160 cm³/mol. The third-order valence-corrected chi connectivity index (χ3v) is 8.75. The van der Waals surface area contributed by atoms with Gasteiger partial charge < -0.3 is 15.4 Å². The average molecular weight is 615 g/mol. The number of sulfonamides is 1. The first kappa shape index (κ1) is 30.1. The lowest BCUT2D eigenvalue weighted by Crippen LogP contribution is -2.39. The number of thioether (sulfide) groups is 1. The van der Waals surface area contributed by atoms with Gasteiger partial charge in [0.2, 0.25) is 5.91 Å². The molecule has 0 radical (unpaired) electrons. The Morgan fingerprint density at radius 3 is 2.44 bits per heavy atom. The first-order valence-electron chi connectivity index (χ1n) is 12.9. The number of hydrogen-bond acceptors (Lipinski definition) is 9. The van der Waals surface area contributed by atoms with Crippen molar-refractivity contribution in [2.75, 3.05) is 24.2 Å². The van der Waals surface area contributed by atoms with E-state index in [1.807, 2.05) is 64.9 Å². The third kappa shape index (κ3) is 8.08. The molecule has 11 nitrogen and oxygen atoms in total. The second-order valence-corrected chi connectivity index (χ2v) is 12.2. The van der Waals surface area contributed by atoms with Gasteiger partial charge in [-0.1, -0.05) is 31.2 Å². The summed E-state index contributed by atoms with van der Waals surface area (Å²) in [6.07, 6.45) is 1.62. The zero-order chi connectivity index (χ0) is 29.2. The average Bonchev–Trinajstić information content (AvgIpc) is 3.63. The minimum atomic E-state index is -4.05. The molecule has 216 valence electrons. The molecule has 0 spiro atoms. The highest BCUT2D eigenvalue weighted by Crippen LogP contribution is 2.31. The fraction of sp³-hybridized carbons (Fsp3) is 0.259. The molecule has 3 N–H and O–H groups in total. The number of carbonyl (C=O) groups excluding carboxylic acids is 2. The normalized spacial score (nSPS) is 11.2. The van der Waals surface area contributed by atoms with Crippen molar-refractivity contribution in [2.24, 2.45) is 0 Å². The number of ether oxygens (including phenoxy) is 1. The van der Waals surface area contributed by atoms with Gasteiger partial charge in [-0.2, -0.15) is 0 Å². The lowest BCUT2D eigenvalue weighted by atomic mass is 10.3. The maximum Gasteiger partial charge on any atom is 0.328 e. The lowest BCUT2D eigenvalue weighted by Gasteiger charge is -2.11. The van der Waals surface area contributed by atoms with Crippen LogP contribution in [0.3, 0.4) is 0 Å². The van der Waals surface area contributed by atoms with E-state index in [9.17, 15) is 18.0 Å². The van der Waals surface area contributed by atoms with Crippen LogP contribution in [0.5, 0.6) is 5.75 Å². The quantitative estimate of drug-likeness (QED) is 0.142. The van der Waals surface area contributed by atoms with Crippen molar-refractivity contribution in [3.8, 4) is 22.1 Å². The number of urea groups is 1. The van der Waals surface area contributed by atoms with Gasteiger partial charge in [-0.3, -0.25) is 9.36 Å². The standard InChI is InChI=1S/C27H30N6O5S3/c1-3-5-16-28-26(35)32-41(36,37)22-14-8-19(9-15-22)29-24(34)18-40-27-31-30-25(23-7-6-17-39-23)33(27)20-10-12-21(13-11-20)38-4-2/h6-15,17H,3-5,16,18H2,1-2H3,(H,29,34)(H2,28,32,35). The molecular weight excluding hydrogens is 585 g/mol. The van der Waals surface area contributed by atoms with E-state index in [1.54, 1.807) is 0 Å². The Hall–Kier alpha value is -3.88. The van der Waals surface area contributed by atoms with Gasteiger partial charge in [0.15, 0.2) is 11.0 Å². The fourth-order valence-corrected chi connectivity index (χ4v) is 6.04. The van der Waals surface area contributed by atoms with Crippen LogP contribution in [-0.2, 0) is 14.8 Å². The molecule has 0 bridgehead atoms. The number of anilines is 1. The summed E-state index contributed by atoms with van der Waals surface area (Å²) >= 11 is 2.76. The van der Waals surface area contributed by atoms with Crippen molar-refractivity contribution < 1.29 is 22.7 Å². The summed E-state index contributed by atoms with van der Waals surface area (Å²) in [5.41, 5.74) is 1.24. The summed E-state index contributed by atoms with van der Waals surface area (Å²) in [5.74, 6) is 1.15. The zero-order valence-corrected chi connectivity index (χ0v) is 24.9. The highest BCUT2D eigenvalue weighted by molar-refractivity contribution is 7.99. The maximum absolute atomic E-state index is 12.8. The van der Waals surface area contributed by atoms with E-state index < -0.39 is 16.1 Å². The number of rotatable bonds is 13. The van der Waals surface area contributed by atoms with Gasteiger partial charge >= 0.3 is 6.03 Å². The number of benzene rings is 2. The predicted octanol–water partition coefficient (Wildman–Crippen LogP) is 4.91. The Bertz CT molecular complexity index is 1550. The first-order chi connectivity index (χ1) is 19.8. The topological polar surface area (TPSA) is 144 Å². The highest BCUT2D eigenvalue weighted by atomic mass is 32.2. The Morgan fingerprint density at radius 2 is 1.78 bits per heavy atom. The van der Waals surface area contributed by atoms with E-state index in [2.05, 4.69) is 20.8 Å². The minimum absolute atomic E-state index is 0.0408. The molecular formula is C27H30N6O5S3. The molecule has 0 aliphatic rings. The molecule has 2 aromatic carbocycles. The van der Waals surface area contributed by atoms with Crippen LogP contribution in [-0.4, -0.2) is 54.0 Å². The van der Waals surface area contributed by atoms with Crippen LogP contribution >= 0.6 is 23.1 Å². The van der Waals surface area contributed by atoms with E-state index in [0.29, 0.717) is 29.8 Å². The Kier molecular flexibility index (Phi) is 10.4. The summed E-state index contributed by atoms with van der Waals surface area (Å²) in [4.78, 5) is 25.4. The van der Waals surface area contributed by atoms with E-state index >= 15 is 0 Å². The lowest BCUT2D eigenvalue weighted by molar-refractivity contribution is -0.113. The molecule has 0 saturated heterocycles. The molecule has 0 fully saturated rings. The smallest absolute Gasteiger partial charge is 0.328 e. The van der Waals surface area contributed by atoms with Crippen LogP contribution in [0, 0.1) is 0 Å². The van der Waals surface area contributed by atoms with Crippen LogP contribution < -0.4 is 20.1 Å². The van der Waals surface area contributed by atoms with E-state index in [-0.39, 0.29) is 16.6 Å². The Balaban J connectivity index is 1.41. The maximum atomic E-state index is 12.8. The Labute approximate surface area is 246 Å². The number of nitrogens with zero attached hydrogens (tertiary/aromatic N) is 3. The van der Waals surface area contributed by atoms with E-state index in [4.69, 9.17) is 4.74 Å². The molecule has 41 heavy (non-hydrogen) atoms. The Morgan fingerprint density at radius 1 is 1.02 bits per heavy atom. The molecule has 0 unspecified atom stereocenters. The number of carbonyl (C=O) groups is 2. The van der Waals surface area contributed by atoms with Crippen LogP contribution in [0.2, 0.25) is 0 Å². The summed E-state index contributed by atoms with van der Waals surface area (Å²) in [6, 6.07) is 16.2. The van der Waals surface area contributed by atoms with Crippen molar-refractivity contribution in [3.05, 3.63) is 66.0 Å². The van der Waals surface area contributed by atoms with Gasteiger partial charge in [0.1, 0.15) is 5.75 Å². The van der Waals surface area contributed by atoms with Gasteiger partial charge in [-0.05, 0) is 73.3 Å². The molecule has 14 heteroatoms. The molecule has 0 aliphatic heterocycles. The third-order valence-electron chi connectivity index (χ3n) is 5.60. The second-order valence-electron chi connectivity index (χ2n) is 8.62. The molecule has 4 rings (SSSR count). The monoisotopic (exact) mass is 614 g/mol. The number of hydrogen-bond donors (Lipinski definition) is 3. The van der Waals surface area contributed by atoms with Gasteiger partial charge in [0, 0.05) is 12.2 Å². The zero-order valence-electron chi connectivity index (χ0n) is 22.5. The minimum Gasteiger partial charge on any atom is -0.494 e. The summed E-state index contributed by atoms with van der Waals surface area (Å²) < 4.78 is 34.4. The van der Waals surface area contributed by atoms with Gasteiger partial charge in [-0.15, -0.1) is 21.5 Å². The summed E-state index contributed by atoms with van der Waals surface area (Å²) in [5, 5.41) is 16.5. The number of unbranched alkanes of at least 4 members (excludes halogenated alkanes) is 1. The number of aromatic nitrogens is 3. The largest absolute Gasteiger partial charge is 0.494 e. The van der Waals surface area contributed by atoms with Crippen molar-refractivity contribution in [2.45, 2.75) is 36.7 Å². The summed E-state index contributed by atoms with van der Waals surface area (Å²) in [6.45, 7) is 4.83. The van der Waals surface area contributed by atoms with Crippen molar-refractivity contribution in [1.82, 2.24) is 24.8 Å². The number of amides is 3. The van der Waals surface area contributed by atoms with Crippen LogP contribution in [0.4, 0.5) is 10.5 Å². The fourth-order valence-electron chi connectivity index (χ4n) is 3.66. The molecule has 0 saturated carbocycles. The summed E-state index contributed by atoms with van der Waals surface area (Å²) in [7, 11) is -4.05. The number of thiophene rings is 1. The molecule has 3 amide bonds. The molecule has 2 heterocycles. The first-order valence-corrected chi connectivity index (χ1v) is 16.2. The molecule has 4 aromatic rings. The van der Waals surface area contributed by atoms with Crippen molar-refractivity contribution in [1.29, 1.82) is 0 Å². The number of nitrogens with one attached hydrogen (secondary N) is 3. The van der Waals surface area contributed by atoms with Gasteiger partial charge in [0.05, 0.1) is 27.8 Å².